The molecule has 1 saturated carbocycles. The maximum atomic E-state index is 12.1. The number of esters is 1. The zero-order valence-electron chi connectivity index (χ0n) is 13.2. The SMILES string of the molecule is COC(=O)C(C)C(NC(=O)CNCC1CC1)c1ccccc1. The molecule has 2 rings (SSSR count). The van der Waals surface area contributed by atoms with Crippen molar-refractivity contribution in [1.29, 1.82) is 0 Å². The molecule has 22 heavy (non-hydrogen) atoms. The van der Waals surface area contributed by atoms with Crippen LogP contribution in [0.4, 0.5) is 0 Å². The third kappa shape index (κ3) is 4.84. The average Bonchev–Trinajstić information content (AvgIpc) is 3.36. The van der Waals surface area contributed by atoms with Gasteiger partial charge >= 0.3 is 5.97 Å². The zero-order chi connectivity index (χ0) is 15.9. The second kappa shape index (κ2) is 7.94. The van der Waals surface area contributed by atoms with Crippen molar-refractivity contribution >= 4 is 11.9 Å². The van der Waals surface area contributed by atoms with Crippen molar-refractivity contribution in [2.75, 3.05) is 20.2 Å². The smallest absolute Gasteiger partial charge is 0.310 e. The molecule has 5 heteroatoms. The molecular formula is C17H24N2O3. The highest BCUT2D eigenvalue weighted by Gasteiger charge is 2.28. The normalized spacial score (nSPS) is 16.6. The van der Waals surface area contributed by atoms with Gasteiger partial charge in [-0.2, -0.15) is 0 Å². The van der Waals surface area contributed by atoms with E-state index in [1.54, 1.807) is 6.92 Å². The second-order valence-electron chi connectivity index (χ2n) is 5.84. The van der Waals surface area contributed by atoms with E-state index in [9.17, 15) is 9.59 Å². The van der Waals surface area contributed by atoms with Crippen molar-refractivity contribution < 1.29 is 14.3 Å². The number of rotatable bonds is 8. The minimum Gasteiger partial charge on any atom is -0.469 e. The number of nitrogens with one attached hydrogen (secondary N) is 2. The summed E-state index contributed by atoms with van der Waals surface area (Å²) in [5.74, 6) is -0.156. The van der Waals surface area contributed by atoms with Crippen molar-refractivity contribution in [3.05, 3.63) is 35.9 Å². The molecule has 1 aromatic carbocycles. The first-order valence-corrected chi connectivity index (χ1v) is 7.74. The summed E-state index contributed by atoms with van der Waals surface area (Å²) in [5.41, 5.74) is 0.899. The van der Waals surface area contributed by atoms with Crippen molar-refractivity contribution in [3.63, 3.8) is 0 Å². The van der Waals surface area contributed by atoms with E-state index in [-0.39, 0.29) is 24.5 Å². The fraction of sp³-hybridized carbons (Fsp3) is 0.529. The lowest BCUT2D eigenvalue weighted by Gasteiger charge is -2.24. The van der Waals surface area contributed by atoms with Gasteiger partial charge in [0.05, 0.1) is 25.6 Å². The Labute approximate surface area is 131 Å². The molecule has 120 valence electrons. The number of benzene rings is 1. The molecule has 1 aliphatic carbocycles. The molecule has 0 bridgehead atoms. The van der Waals surface area contributed by atoms with Gasteiger partial charge in [-0.3, -0.25) is 9.59 Å². The van der Waals surface area contributed by atoms with E-state index in [0.717, 1.165) is 18.0 Å². The Hall–Kier alpha value is -1.88. The van der Waals surface area contributed by atoms with E-state index < -0.39 is 5.92 Å². The van der Waals surface area contributed by atoms with Gasteiger partial charge in [-0.1, -0.05) is 30.3 Å². The maximum Gasteiger partial charge on any atom is 0.310 e. The maximum absolute atomic E-state index is 12.1. The highest BCUT2D eigenvalue weighted by molar-refractivity contribution is 5.80. The van der Waals surface area contributed by atoms with Crippen LogP contribution in [0.2, 0.25) is 0 Å². The molecule has 1 fully saturated rings. The summed E-state index contributed by atoms with van der Waals surface area (Å²) >= 11 is 0. The molecule has 2 atom stereocenters. The Bertz CT molecular complexity index is 500. The molecule has 0 radical (unpaired) electrons. The second-order valence-corrected chi connectivity index (χ2v) is 5.84. The van der Waals surface area contributed by atoms with Gasteiger partial charge in [-0.05, 0) is 37.8 Å². The number of carbonyl (C=O) groups excluding carboxylic acids is 2. The molecule has 2 N–H and O–H groups in total. The van der Waals surface area contributed by atoms with Crippen LogP contribution in [0.25, 0.3) is 0 Å². The van der Waals surface area contributed by atoms with Crippen LogP contribution in [0.3, 0.4) is 0 Å². The summed E-state index contributed by atoms with van der Waals surface area (Å²) < 4.78 is 4.81. The third-order valence-electron chi connectivity index (χ3n) is 3.96. The number of ether oxygens (including phenoxy) is 1. The van der Waals surface area contributed by atoms with Crippen LogP contribution in [0.15, 0.2) is 30.3 Å². The summed E-state index contributed by atoms with van der Waals surface area (Å²) in [6.07, 6.45) is 2.50. The third-order valence-corrected chi connectivity index (χ3v) is 3.96. The van der Waals surface area contributed by atoms with Gasteiger partial charge in [0, 0.05) is 0 Å². The van der Waals surface area contributed by atoms with Gasteiger partial charge < -0.3 is 15.4 Å². The van der Waals surface area contributed by atoms with Crippen LogP contribution in [0.5, 0.6) is 0 Å². The van der Waals surface area contributed by atoms with E-state index in [1.807, 2.05) is 30.3 Å². The molecule has 0 spiro atoms. The molecule has 1 aromatic rings. The number of methoxy groups -OCH3 is 1. The Morgan fingerprint density at radius 3 is 2.55 bits per heavy atom. The summed E-state index contributed by atoms with van der Waals surface area (Å²) in [5, 5.41) is 6.10. The Morgan fingerprint density at radius 2 is 1.95 bits per heavy atom. The van der Waals surface area contributed by atoms with Crippen LogP contribution in [-0.4, -0.2) is 32.1 Å². The number of hydrogen-bond acceptors (Lipinski definition) is 4. The van der Waals surface area contributed by atoms with Crippen molar-refractivity contribution in [2.24, 2.45) is 11.8 Å². The van der Waals surface area contributed by atoms with Crippen molar-refractivity contribution in [1.82, 2.24) is 10.6 Å². The van der Waals surface area contributed by atoms with E-state index in [0.29, 0.717) is 0 Å². The van der Waals surface area contributed by atoms with Crippen molar-refractivity contribution in [2.45, 2.75) is 25.8 Å². The first kappa shape index (κ1) is 16.5. The highest BCUT2D eigenvalue weighted by atomic mass is 16.5. The summed E-state index contributed by atoms with van der Waals surface area (Å²) in [6, 6.07) is 9.11. The lowest BCUT2D eigenvalue weighted by molar-refractivity contribution is -0.146. The summed E-state index contributed by atoms with van der Waals surface area (Å²) in [6.45, 7) is 2.92. The van der Waals surface area contributed by atoms with Crippen LogP contribution in [0, 0.1) is 11.8 Å². The Morgan fingerprint density at radius 1 is 1.27 bits per heavy atom. The van der Waals surface area contributed by atoms with E-state index in [1.165, 1.54) is 20.0 Å². The predicted molar refractivity (Wildman–Crippen MR) is 84.1 cm³/mol. The number of carbonyl (C=O) groups is 2. The van der Waals surface area contributed by atoms with Gasteiger partial charge in [0.15, 0.2) is 0 Å². The van der Waals surface area contributed by atoms with E-state index >= 15 is 0 Å². The van der Waals surface area contributed by atoms with Crippen LogP contribution in [-0.2, 0) is 14.3 Å². The van der Waals surface area contributed by atoms with Gasteiger partial charge in [-0.15, -0.1) is 0 Å². The van der Waals surface area contributed by atoms with Crippen molar-refractivity contribution in [3.8, 4) is 0 Å². The number of hydrogen-bond donors (Lipinski definition) is 2. The van der Waals surface area contributed by atoms with Gasteiger partial charge in [-0.25, -0.2) is 0 Å². The topological polar surface area (TPSA) is 67.4 Å². The number of amides is 1. The first-order chi connectivity index (χ1) is 10.6. The predicted octanol–water partition coefficient (Wildman–Crippen LogP) is 1.65. The summed E-state index contributed by atoms with van der Waals surface area (Å²) in [7, 11) is 1.36. The quantitative estimate of drug-likeness (QED) is 0.717. The molecule has 0 saturated heterocycles. The van der Waals surface area contributed by atoms with Crippen LogP contribution < -0.4 is 10.6 Å². The zero-order valence-corrected chi connectivity index (χ0v) is 13.2. The molecular weight excluding hydrogens is 280 g/mol. The fourth-order valence-electron chi connectivity index (χ4n) is 2.42. The standard InChI is InChI=1S/C17H24N2O3/c1-12(17(21)22-2)16(14-6-4-3-5-7-14)19-15(20)11-18-10-13-8-9-13/h3-7,12-13,16,18H,8-11H2,1-2H3,(H,19,20). The lowest BCUT2D eigenvalue weighted by Crippen LogP contribution is -2.40. The molecule has 0 aliphatic heterocycles. The molecule has 1 amide bonds. The summed E-state index contributed by atoms with van der Waals surface area (Å²) in [4.78, 5) is 23.9. The minimum absolute atomic E-state index is 0.106. The fourth-order valence-corrected chi connectivity index (χ4v) is 2.42. The van der Waals surface area contributed by atoms with Crippen LogP contribution in [0.1, 0.15) is 31.4 Å². The van der Waals surface area contributed by atoms with Gasteiger partial charge in [0.25, 0.3) is 0 Å². The highest BCUT2D eigenvalue weighted by Crippen LogP contribution is 2.27. The van der Waals surface area contributed by atoms with Gasteiger partial charge in [0.2, 0.25) is 5.91 Å². The molecule has 2 unspecified atom stereocenters. The molecule has 5 nitrogen and oxygen atoms in total. The first-order valence-electron chi connectivity index (χ1n) is 7.74. The van der Waals surface area contributed by atoms with E-state index in [4.69, 9.17) is 4.74 Å². The lowest BCUT2D eigenvalue weighted by atomic mass is 9.94. The van der Waals surface area contributed by atoms with Gasteiger partial charge in [0.1, 0.15) is 0 Å². The molecule has 0 heterocycles. The minimum atomic E-state index is -0.445. The van der Waals surface area contributed by atoms with E-state index in [2.05, 4.69) is 10.6 Å². The molecule has 0 aromatic heterocycles. The molecule has 1 aliphatic rings. The monoisotopic (exact) mass is 304 g/mol. The Balaban J connectivity index is 1.97. The average molecular weight is 304 g/mol. The Kier molecular flexibility index (Phi) is 5.95. The van der Waals surface area contributed by atoms with Crippen LogP contribution >= 0.6 is 0 Å². The largest absolute Gasteiger partial charge is 0.469 e.